The SMILES string of the molecule is CC(NC(=O)c1cccc([N+](=O)[O-])c1)C(=O)NC(c1ccccc1)c1nccn1C. The van der Waals surface area contributed by atoms with Crippen LogP contribution in [0, 0.1) is 10.1 Å². The topological polar surface area (TPSA) is 119 Å². The first-order valence-electron chi connectivity index (χ1n) is 9.24. The summed E-state index contributed by atoms with van der Waals surface area (Å²) in [5, 5.41) is 16.4. The van der Waals surface area contributed by atoms with E-state index in [1.165, 1.54) is 24.3 Å². The molecule has 1 heterocycles. The van der Waals surface area contributed by atoms with Crippen LogP contribution in [0.3, 0.4) is 0 Å². The van der Waals surface area contributed by atoms with Crippen LogP contribution in [0.25, 0.3) is 0 Å². The van der Waals surface area contributed by atoms with E-state index in [9.17, 15) is 19.7 Å². The summed E-state index contributed by atoms with van der Waals surface area (Å²) < 4.78 is 1.81. The average molecular weight is 407 g/mol. The van der Waals surface area contributed by atoms with Crippen LogP contribution < -0.4 is 10.6 Å². The van der Waals surface area contributed by atoms with Gasteiger partial charge in [0.1, 0.15) is 17.9 Å². The van der Waals surface area contributed by atoms with E-state index in [1.54, 1.807) is 19.3 Å². The van der Waals surface area contributed by atoms with E-state index in [0.29, 0.717) is 5.82 Å². The molecule has 2 atom stereocenters. The first kappa shape index (κ1) is 20.7. The van der Waals surface area contributed by atoms with Crippen molar-refractivity contribution in [2.45, 2.75) is 19.0 Å². The van der Waals surface area contributed by atoms with Gasteiger partial charge in [-0.3, -0.25) is 19.7 Å². The molecule has 0 aliphatic rings. The summed E-state index contributed by atoms with van der Waals surface area (Å²) in [5.74, 6) is -0.341. The minimum atomic E-state index is -0.872. The van der Waals surface area contributed by atoms with Crippen LogP contribution in [0.4, 0.5) is 5.69 Å². The van der Waals surface area contributed by atoms with Gasteiger partial charge >= 0.3 is 0 Å². The van der Waals surface area contributed by atoms with Gasteiger partial charge in [-0.25, -0.2) is 4.98 Å². The van der Waals surface area contributed by atoms with Crippen molar-refractivity contribution in [1.29, 1.82) is 0 Å². The number of aromatic nitrogens is 2. The van der Waals surface area contributed by atoms with E-state index in [1.807, 2.05) is 41.9 Å². The van der Waals surface area contributed by atoms with Gasteiger partial charge in [0.25, 0.3) is 11.6 Å². The lowest BCUT2D eigenvalue weighted by Crippen LogP contribution is -2.46. The van der Waals surface area contributed by atoms with Crippen molar-refractivity contribution in [3.63, 3.8) is 0 Å². The summed E-state index contributed by atoms with van der Waals surface area (Å²) in [6.07, 6.45) is 3.43. The highest BCUT2D eigenvalue weighted by atomic mass is 16.6. The Morgan fingerprint density at radius 2 is 1.83 bits per heavy atom. The molecule has 2 unspecified atom stereocenters. The van der Waals surface area contributed by atoms with Crippen LogP contribution in [0.15, 0.2) is 67.0 Å². The first-order chi connectivity index (χ1) is 14.4. The van der Waals surface area contributed by atoms with Crippen LogP contribution in [0.1, 0.15) is 34.7 Å². The molecule has 9 heteroatoms. The van der Waals surface area contributed by atoms with E-state index >= 15 is 0 Å². The zero-order valence-corrected chi connectivity index (χ0v) is 16.5. The quantitative estimate of drug-likeness (QED) is 0.460. The fourth-order valence-corrected chi connectivity index (χ4v) is 2.97. The Bertz CT molecular complexity index is 1060. The highest BCUT2D eigenvalue weighted by molar-refractivity contribution is 5.97. The van der Waals surface area contributed by atoms with Crippen LogP contribution >= 0.6 is 0 Å². The number of hydrogen-bond acceptors (Lipinski definition) is 5. The Morgan fingerprint density at radius 3 is 2.47 bits per heavy atom. The number of aryl methyl sites for hydroxylation is 1. The molecule has 2 aromatic carbocycles. The number of nitrogens with zero attached hydrogens (tertiary/aromatic N) is 3. The number of amides is 2. The molecule has 9 nitrogen and oxygen atoms in total. The number of rotatable bonds is 7. The number of nitrogens with one attached hydrogen (secondary N) is 2. The third-order valence-corrected chi connectivity index (χ3v) is 4.60. The van der Waals surface area contributed by atoms with Crippen molar-refractivity contribution in [3.05, 3.63) is 94.1 Å². The molecule has 30 heavy (non-hydrogen) atoms. The lowest BCUT2D eigenvalue weighted by molar-refractivity contribution is -0.384. The number of non-ortho nitro benzene ring substituents is 1. The Hall–Kier alpha value is -4.01. The smallest absolute Gasteiger partial charge is 0.270 e. The molecule has 154 valence electrons. The van der Waals surface area contributed by atoms with Gasteiger partial charge in [0.15, 0.2) is 0 Å². The van der Waals surface area contributed by atoms with Crippen molar-refractivity contribution in [2.24, 2.45) is 7.05 Å². The molecule has 0 radical (unpaired) electrons. The predicted molar refractivity (Wildman–Crippen MR) is 110 cm³/mol. The largest absolute Gasteiger partial charge is 0.341 e. The van der Waals surface area contributed by atoms with Crippen molar-refractivity contribution < 1.29 is 14.5 Å². The zero-order valence-electron chi connectivity index (χ0n) is 16.5. The molecular formula is C21H21N5O4. The van der Waals surface area contributed by atoms with Gasteiger partial charge in [-0.1, -0.05) is 36.4 Å². The number of nitro benzene ring substituents is 1. The standard InChI is InChI=1S/C21H21N5O4/c1-14(23-21(28)16-9-6-10-17(13-16)26(29)30)20(27)24-18(15-7-4-3-5-8-15)19-22-11-12-25(19)2/h3-14,18H,1-2H3,(H,23,28)(H,24,27). The van der Waals surface area contributed by atoms with Gasteiger partial charge in [-0.2, -0.15) is 0 Å². The van der Waals surface area contributed by atoms with Crippen LogP contribution in [0.2, 0.25) is 0 Å². The molecule has 0 spiro atoms. The monoisotopic (exact) mass is 407 g/mol. The molecule has 0 saturated heterocycles. The lowest BCUT2D eigenvalue weighted by atomic mass is 10.1. The Morgan fingerprint density at radius 1 is 1.10 bits per heavy atom. The summed E-state index contributed by atoms with van der Waals surface area (Å²) in [6, 6.07) is 13.3. The first-order valence-corrected chi connectivity index (χ1v) is 9.24. The number of nitro groups is 1. The van der Waals surface area contributed by atoms with Crippen molar-refractivity contribution >= 4 is 17.5 Å². The zero-order chi connectivity index (χ0) is 21.7. The molecule has 0 aliphatic carbocycles. The molecule has 2 N–H and O–H groups in total. The minimum absolute atomic E-state index is 0.104. The summed E-state index contributed by atoms with van der Waals surface area (Å²) >= 11 is 0. The van der Waals surface area contributed by atoms with Crippen LogP contribution in [0.5, 0.6) is 0 Å². The number of carbonyl (C=O) groups excluding carboxylic acids is 2. The second-order valence-corrected chi connectivity index (χ2v) is 6.75. The van der Waals surface area contributed by atoms with Crippen LogP contribution in [-0.2, 0) is 11.8 Å². The third kappa shape index (κ3) is 4.69. The van der Waals surface area contributed by atoms with Gasteiger partial charge in [-0.05, 0) is 18.6 Å². The molecule has 2 amide bonds. The lowest BCUT2D eigenvalue weighted by Gasteiger charge is -2.22. The molecule has 0 saturated carbocycles. The molecule has 3 aromatic rings. The maximum Gasteiger partial charge on any atom is 0.270 e. The Balaban J connectivity index is 1.74. The van der Waals surface area contributed by atoms with Crippen molar-refractivity contribution in [2.75, 3.05) is 0 Å². The molecule has 1 aromatic heterocycles. The summed E-state index contributed by atoms with van der Waals surface area (Å²) in [5.41, 5.74) is 0.753. The number of carbonyl (C=O) groups is 2. The summed E-state index contributed by atoms with van der Waals surface area (Å²) in [4.78, 5) is 39.9. The minimum Gasteiger partial charge on any atom is -0.341 e. The van der Waals surface area contributed by atoms with Gasteiger partial charge in [0.05, 0.1) is 4.92 Å². The van der Waals surface area contributed by atoms with E-state index < -0.39 is 28.8 Å². The molecule has 3 rings (SSSR count). The Kier molecular flexibility index (Phi) is 6.21. The van der Waals surface area contributed by atoms with Gasteiger partial charge in [0.2, 0.25) is 5.91 Å². The molecule has 0 aliphatic heterocycles. The maximum absolute atomic E-state index is 12.8. The number of hydrogen-bond donors (Lipinski definition) is 2. The highest BCUT2D eigenvalue weighted by Crippen LogP contribution is 2.20. The van der Waals surface area contributed by atoms with Gasteiger partial charge in [-0.15, -0.1) is 0 Å². The number of benzene rings is 2. The Labute approximate surface area is 172 Å². The average Bonchev–Trinajstić information content (AvgIpc) is 3.17. The van der Waals surface area contributed by atoms with Gasteiger partial charge in [0, 0.05) is 37.1 Å². The third-order valence-electron chi connectivity index (χ3n) is 4.60. The molecular weight excluding hydrogens is 386 g/mol. The predicted octanol–water partition coefficient (Wildman–Crippen LogP) is 2.35. The van der Waals surface area contributed by atoms with E-state index in [-0.39, 0.29) is 11.3 Å². The molecule has 0 bridgehead atoms. The second-order valence-electron chi connectivity index (χ2n) is 6.75. The normalized spacial score (nSPS) is 12.6. The van der Waals surface area contributed by atoms with E-state index in [0.717, 1.165) is 5.56 Å². The second kappa shape index (κ2) is 8.99. The maximum atomic E-state index is 12.8. The number of imidazole rings is 1. The van der Waals surface area contributed by atoms with E-state index in [2.05, 4.69) is 15.6 Å². The van der Waals surface area contributed by atoms with Gasteiger partial charge < -0.3 is 15.2 Å². The summed E-state index contributed by atoms with van der Waals surface area (Å²) in [6.45, 7) is 1.55. The van der Waals surface area contributed by atoms with Crippen LogP contribution in [-0.4, -0.2) is 32.3 Å². The van der Waals surface area contributed by atoms with Crippen molar-refractivity contribution in [3.8, 4) is 0 Å². The molecule has 0 fully saturated rings. The van der Waals surface area contributed by atoms with E-state index in [4.69, 9.17) is 0 Å². The van der Waals surface area contributed by atoms with Crippen molar-refractivity contribution in [1.82, 2.24) is 20.2 Å². The summed E-state index contributed by atoms with van der Waals surface area (Å²) in [7, 11) is 1.83. The fourth-order valence-electron chi connectivity index (χ4n) is 2.97. The fraction of sp³-hybridized carbons (Fsp3) is 0.190. The highest BCUT2D eigenvalue weighted by Gasteiger charge is 2.24.